The molecule has 0 radical (unpaired) electrons. The molecule has 6 heteroatoms. The zero-order chi connectivity index (χ0) is 17.9. The van der Waals surface area contributed by atoms with Gasteiger partial charge in [0.2, 0.25) is 0 Å². The minimum absolute atomic E-state index is 0.295. The van der Waals surface area contributed by atoms with Gasteiger partial charge in [-0.2, -0.15) is 13.2 Å². The summed E-state index contributed by atoms with van der Waals surface area (Å²) in [5.41, 5.74) is 0.824. The molecule has 1 atom stereocenters. The highest BCUT2D eigenvalue weighted by molar-refractivity contribution is 6.31. The highest BCUT2D eigenvalue weighted by Gasteiger charge is 2.32. The SMILES string of the molecule is FC(F)(F)c1cccc(C(c2ccccc2Cl)N2CCCNCC2)c1. The standard InChI is InChI=1S/C19H20ClF3N2/c20-17-8-2-1-7-16(17)18(25-11-4-9-24-10-12-25)14-5-3-6-15(13-14)19(21,22)23/h1-3,5-8,13,18,24H,4,9-12H2. The Labute approximate surface area is 150 Å². The van der Waals surface area contributed by atoms with Crippen LogP contribution in [-0.2, 0) is 6.18 Å². The van der Waals surface area contributed by atoms with Gasteiger partial charge in [-0.05, 0) is 42.3 Å². The van der Waals surface area contributed by atoms with Crippen LogP contribution < -0.4 is 5.32 Å². The van der Waals surface area contributed by atoms with Crippen LogP contribution >= 0.6 is 11.6 Å². The van der Waals surface area contributed by atoms with Crippen molar-refractivity contribution >= 4 is 11.6 Å². The third-order valence-corrected chi connectivity index (χ3v) is 4.81. The Morgan fingerprint density at radius 3 is 2.56 bits per heavy atom. The zero-order valence-corrected chi connectivity index (χ0v) is 14.4. The molecule has 1 fully saturated rings. The fraction of sp³-hybridized carbons (Fsp3) is 0.368. The molecule has 1 saturated heterocycles. The lowest BCUT2D eigenvalue weighted by atomic mass is 9.95. The van der Waals surface area contributed by atoms with E-state index in [0.29, 0.717) is 10.6 Å². The Morgan fingerprint density at radius 1 is 1.00 bits per heavy atom. The quantitative estimate of drug-likeness (QED) is 0.841. The molecule has 2 nitrogen and oxygen atoms in total. The molecule has 0 saturated carbocycles. The highest BCUT2D eigenvalue weighted by atomic mass is 35.5. The van der Waals surface area contributed by atoms with E-state index in [1.54, 1.807) is 12.1 Å². The maximum Gasteiger partial charge on any atom is 0.416 e. The first-order valence-electron chi connectivity index (χ1n) is 8.33. The second-order valence-corrected chi connectivity index (χ2v) is 6.59. The Balaban J connectivity index is 2.06. The summed E-state index contributed by atoms with van der Waals surface area (Å²) in [5.74, 6) is 0. The Hall–Kier alpha value is -1.56. The van der Waals surface area contributed by atoms with E-state index in [-0.39, 0.29) is 6.04 Å². The van der Waals surface area contributed by atoms with Crippen molar-refractivity contribution in [1.82, 2.24) is 10.2 Å². The van der Waals surface area contributed by atoms with Gasteiger partial charge < -0.3 is 5.32 Å². The van der Waals surface area contributed by atoms with Crippen molar-refractivity contribution in [2.24, 2.45) is 0 Å². The topological polar surface area (TPSA) is 15.3 Å². The highest BCUT2D eigenvalue weighted by Crippen LogP contribution is 2.36. The van der Waals surface area contributed by atoms with Crippen LogP contribution in [0, 0.1) is 0 Å². The molecule has 0 aliphatic carbocycles. The van der Waals surface area contributed by atoms with Gasteiger partial charge in [0.05, 0.1) is 11.6 Å². The number of nitrogens with one attached hydrogen (secondary N) is 1. The maximum atomic E-state index is 13.2. The summed E-state index contributed by atoms with van der Waals surface area (Å²) in [5, 5.41) is 3.90. The van der Waals surface area contributed by atoms with Gasteiger partial charge in [0.25, 0.3) is 0 Å². The number of hydrogen-bond donors (Lipinski definition) is 1. The van der Waals surface area contributed by atoms with Crippen LogP contribution in [0.3, 0.4) is 0 Å². The third kappa shape index (κ3) is 4.35. The normalized spacial score (nSPS) is 17.9. The smallest absolute Gasteiger partial charge is 0.315 e. The van der Waals surface area contributed by atoms with Crippen molar-refractivity contribution in [2.45, 2.75) is 18.6 Å². The predicted molar refractivity (Wildman–Crippen MR) is 93.8 cm³/mol. The molecule has 1 unspecified atom stereocenters. The molecule has 1 aliphatic rings. The first kappa shape index (κ1) is 18.2. The fourth-order valence-electron chi connectivity index (χ4n) is 3.29. The Kier molecular flexibility index (Phi) is 5.67. The van der Waals surface area contributed by atoms with Crippen LogP contribution in [0.25, 0.3) is 0 Å². The van der Waals surface area contributed by atoms with Crippen LogP contribution in [0.5, 0.6) is 0 Å². The van der Waals surface area contributed by atoms with E-state index >= 15 is 0 Å². The van der Waals surface area contributed by atoms with Crippen LogP contribution in [-0.4, -0.2) is 31.1 Å². The van der Waals surface area contributed by atoms with Crippen molar-refractivity contribution in [3.8, 4) is 0 Å². The molecular formula is C19H20ClF3N2. The molecule has 1 N–H and O–H groups in total. The van der Waals surface area contributed by atoms with Gasteiger partial charge >= 0.3 is 6.18 Å². The number of rotatable bonds is 3. The number of benzene rings is 2. The molecule has 0 amide bonds. The van der Waals surface area contributed by atoms with Crippen LogP contribution in [0.1, 0.15) is 29.2 Å². The molecule has 0 bridgehead atoms. The minimum Gasteiger partial charge on any atom is -0.315 e. The lowest BCUT2D eigenvalue weighted by Gasteiger charge is -2.32. The predicted octanol–water partition coefficient (Wildman–Crippen LogP) is 4.74. The molecule has 1 aliphatic heterocycles. The number of halogens is 4. The molecule has 0 aromatic heterocycles. The monoisotopic (exact) mass is 368 g/mol. The first-order chi connectivity index (χ1) is 12.0. The van der Waals surface area contributed by atoms with Crippen molar-refractivity contribution in [2.75, 3.05) is 26.2 Å². The average molecular weight is 369 g/mol. The van der Waals surface area contributed by atoms with Crippen LogP contribution in [0.15, 0.2) is 48.5 Å². The fourth-order valence-corrected chi connectivity index (χ4v) is 3.53. The van der Waals surface area contributed by atoms with E-state index in [2.05, 4.69) is 10.2 Å². The third-order valence-electron chi connectivity index (χ3n) is 4.47. The average Bonchev–Trinajstić information content (AvgIpc) is 2.86. The number of alkyl halides is 3. The molecule has 2 aromatic carbocycles. The van der Waals surface area contributed by atoms with Gasteiger partial charge in [0, 0.05) is 24.7 Å². The van der Waals surface area contributed by atoms with E-state index in [1.165, 1.54) is 12.1 Å². The van der Waals surface area contributed by atoms with E-state index in [9.17, 15) is 13.2 Å². The summed E-state index contributed by atoms with van der Waals surface area (Å²) in [6.07, 6.45) is -3.42. The lowest BCUT2D eigenvalue weighted by molar-refractivity contribution is -0.137. The molecular weight excluding hydrogens is 349 g/mol. The summed E-state index contributed by atoms with van der Waals surface area (Å²) in [6.45, 7) is 3.28. The van der Waals surface area contributed by atoms with E-state index in [1.807, 2.05) is 18.2 Å². The summed E-state index contributed by atoms with van der Waals surface area (Å²) in [7, 11) is 0. The molecule has 134 valence electrons. The van der Waals surface area contributed by atoms with Gasteiger partial charge in [0.1, 0.15) is 0 Å². The van der Waals surface area contributed by atoms with Crippen LogP contribution in [0.2, 0.25) is 5.02 Å². The second kappa shape index (κ2) is 7.77. The summed E-state index contributed by atoms with van der Waals surface area (Å²) >= 11 is 6.39. The first-order valence-corrected chi connectivity index (χ1v) is 8.71. The molecule has 2 aromatic rings. The van der Waals surface area contributed by atoms with Crippen molar-refractivity contribution in [3.63, 3.8) is 0 Å². The Bertz CT molecular complexity index is 710. The molecule has 25 heavy (non-hydrogen) atoms. The summed E-state index contributed by atoms with van der Waals surface area (Å²) in [4.78, 5) is 2.21. The minimum atomic E-state index is -4.36. The lowest BCUT2D eigenvalue weighted by Crippen LogP contribution is -2.33. The maximum absolute atomic E-state index is 13.2. The van der Waals surface area contributed by atoms with Gasteiger partial charge in [-0.1, -0.05) is 41.9 Å². The summed E-state index contributed by atoms with van der Waals surface area (Å²) in [6, 6.07) is 12.7. The number of hydrogen-bond acceptors (Lipinski definition) is 2. The van der Waals surface area contributed by atoms with Gasteiger partial charge in [-0.25, -0.2) is 0 Å². The Morgan fingerprint density at radius 2 is 1.80 bits per heavy atom. The van der Waals surface area contributed by atoms with Crippen molar-refractivity contribution in [1.29, 1.82) is 0 Å². The number of nitrogens with zero attached hydrogens (tertiary/aromatic N) is 1. The van der Waals surface area contributed by atoms with E-state index < -0.39 is 11.7 Å². The summed E-state index contributed by atoms with van der Waals surface area (Å²) < 4.78 is 39.5. The van der Waals surface area contributed by atoms with Crippen LogP contribution in [0.4, 0.5) is 13.2 Å². The van der Waals surface area contributed by atoms with E-state index in [4.69, 9.17) is 11.6 Å². The van der Waals surface area contributed by atoms with Crippen molar-refractivity contribution in [3.05, 3.63) is 70.2 Å². The van der Waals surface area contributed by atoms with E-state index in [0.717, 1.165) is 44.2 Å². The molecule has 3 rings (SSSR count). The van der Waals surface area contributed by atoms with Gasteiger partial charge in [-0.15, -0.1) is 0 Å². The molecule has 1 heterocycles. The zero-order valence-electron chi connectivity index (χ0n) is 13.7. The second-order valence-electron chi connectivity index (χ2n) is 6.19. The van der Waals surface area contributed by atoms with Gasteiger partial charge in [-0.3, -0.25) is 4.90 Å². The molecule has 0 spiro atoms. The van der Waals surface area contributed by atoms with Gasteiger partial charge in [0.15, 0.2) is 0 Å². The largest absolute Gasteiger partial charge is 0.416 e. The van der Waals surface area contributed by atoms with Crippen molar-refractivity contribution < 1.29 is 13.2 Å².